The Morgan fingerprint density at radius 1 is 1.53 bits per heavy atom. The highest BCUT2D eigenvalue weighted by Crippen LogP contribution is 2.14. The molecular formula is C11H18N2O2. The standard InChI is InChI=1S/C11H18N2O2/c1-9(14)10-4-5-11(12-8-10)13(2)6-7-15-3/h4-5,8-9,14H,6-7H2,1-3H3/t9-/m0/s1. The van der Waals surface area contributed by atoms with Crippen LogP contribution in [0.5, 0.6) is 0 Å². The second-order valence-corrected chi connectivity index (χ2v) is 3.54. The molecule has 1 N–H and O–H groups in total. The monoisotopic (exact) mass is 210 g/mol. The number of aliphatic hydroxyl groups is 1. The summed E-state index contributed by atoms with van der Waals surface area (Å²) < 4.78 is 4.99. The minimum absolute atomic E-state index is 0.462. The maximum atomic E-state index is 9.32. The predicted molar refractivity (Wildman–Crippen MR) is 60.0 cm³/mol. The molecule has 0 radical (unpaired) electrons. The Labute approximate surface area is 90.5 Å². The molecule has 4 heteroatoms. The number of hydrogen-bond donors (Lipinski definition) is 1. The van der Waals surface area contributed by atoms with E-state index < -0.39 is 6.10 Å². The number of likely N-dealkylation sites (N-methyl/N-ethyl adjacent to an activating group) is 1. The van der Waals surface area contributed by atoms with E-state index in [0.29, 0.717) is 6.61 Å². The van der Waals surface area contributed by atoms with Crippen molar-refractivity contribution >= 4 is 5.82 Å². The van der Waals surface area contributed by atoms with Crippen molar-refractivity contribution in [3.8, 4) is 0 Å². The van der Waals surface area contributed by atoms with Crippen LogP contribution in [0.3, 0.4) is 0 Å². The average molecular weight is 210 g/mol. The van der Waals surface area contributed by atoms with Gasteiger partial charge in [0.2, 0.25) is 0 Å². The maximum Gasteiger partial charge on any atom is 0.128 e. The first-order chi connectivity index (χ1) is 7.15. The van der Waals surface area contributed by atoms with E-state index >= 15 is 0 Å². The van der Waals surface area contributed by atoms with Crippen LogP contribution in [-0.2, 0) is 4.74 Å². The highest BCUT2D eigenvalue weighted by molar-refractivity contribution is 5.38. The van der Waals surface area contributed by atoms with Gasteiger partial charge in [0.1, 0.15) is 5.82 Å². The van der Waals surface area contributed by atoms with E-state index in [1.54, 1.807) is 20.2 Å². The van der Waals surface area contributed by atoms with Gasteiger partial charge in [-0.2, -0.15) is 0 Å². The molecular weight excluding hydrogens is 192 g/mol. The molecule has 0 aliphatic heterocycles. The van der Waals surface area contributed by atoms with Crippen LogP contribution < -0.4 is 4.90 Å². The van der Waals surface area contributed by atoms with E-state index in [2.05, 4.69) is 4.98 Å². The smallest absolute Gasteiger partial charge is 0.128 e. The fourth-order valence-corrected chi connectivity index (χ4v) is 1.21. The topological polar surface area (TPSA) is 45.6 Å². The minimum atomic E-state index is -0.462. The number of anilines is 1. The summed E-state index contributed by atoms with van der Waals surface area (Å²) >= 11 is 0. The van der Waals surface area contributed by atoms with Crippen molar-refractivity contribution in [2.24, 2.45) is 0 Å². The van der Waals surface area contributed by atoms with E-state index in [1.807, 2.05) is 24.1 Å². The molecule has 0 fully saturated rings. The molecule has 0 spiro atoms. The summed E-state index contributed by atoms with van der Waals surface area (Å²) in [6.07, 6.45) is 1.24. The van der Waals surface area contributed by atoms with Gasteiger partial charge in [0.15, 0.2) is 0 Å². The number of rotatable bonds is 5. The van der Waals surface area contributed by atoms with Crippen LogP contribution in [0.15, 0.2) is 18.3 Å². The molecule has 1 aromatic heterocycles. The lowest BCUT2D eigenvalue weighted by atomic mass is 10.2. The molecule has 1 heterocycles. The second kappa shape index (κ2) is 5.68. The fourth-order valence-electron chi connectivity index (χ4n) is 1.21. The Balaban J connectivity index is 2.62. The summed E-state index contributed by atoms with van der Waals surface area (Å²) in [5.41, 5.74) is 0.832. The molecule has 1 atom stereocenters. The molecule has 84 valence electrons. The number of ether oxygens (including phenoxy) is 1. The van der Waals surface area contributed by atoms with E-state index in [-0.39, 0.29) is 0 Å². The van der Waals surface area contributed by atoms with Gasteiger partial charge in [-0.05, 0) is 18.6 Å². The van der Waals surface area contributed by atoms with Crippen molar-refractivity contribution in [3.05, 3.63) is 23.9 Å². The van der Waals surface area contributed by atoms with Gasteiger partial charge in [-0.25, -0.2) is 4.98 Å². The summed E-state index contributed by atoms with van der Waals surface area (Å²) in [5.74, 6) is 0.886. The van der Waals surface area contributed by atoms with Gasteiger partial charge in [-0.3, -0.25) is 0 Å². The maximum absolute atomic E-state index is 9.32. The molecule has 0 unspecified atom stereocenters. The zero-order valence-corrected chi connectivity index (χ0v) is 9.47. The lowest BCUT2D eigenvalue weighted by molar-refractivity contribution is 0.199. The third kappa shape index (κ3) is 3.49. The molecule has 0 saturated carbocycles. The molecule has 0 bridgehead atoms. The number of pyridine rings is 1. The first kappa shape index (κ1) is 11.9. The SMILES string of the molecule is COCCN(C)c1ccc([C@H](C)O)cn1. The van der Waals surface area contributed by atoms with Crippen molar-refractivity contribution in [2.75, 3.05) is 32.2 Å². The van der Waals surface area contributed by atoms with E-state index in [1.165, 1.54) is 0 Å². The van der Waals surface area contributed by atoms with Gasteiger partial charge in [0, 0.05) is 26.9 Å². The van der Waals surface area contributed by atoms with Gasteiger partial charge >= 0.3 is 0 Å². The number of methoxy groups -OCH3 is 1. The minimum Gasteiger partial charge on any atom is -0.389 e. The summed E-state index contributed by atoms with van der Waals surface area (Å²) in [7, 11) is 3.64. The first-order valence-electron chi connectivity index (χ1n) is 4.99. The summed E-state index contributed by atoms with van der Waals surface area (Å²) in [4.78, 5) is 6.27. The van der Waals surface area contributed by atoms with Crippen LogP contribution in [-0.4, -0.2) is 37.4 Å². The molecule has 4 nitrogen and oxygen atoms in total. The van der Waals surface area contributed by atoms with Gasteiger partial charge in [-0.1, -0.05) is 6.07 Å². The third-order valence-corrected chi connectivity index (χ3v) is 2.28. The second-order valence-electron chi connectivity index (χ2n) is 3.54. The number of hydrogen-bond acceptors (Lipinski definition) is 4. The Bertz CT molecular complexity index is 285. The fraction of sp³-hybridized carbons (Fsp3) is 0.545. The van der Waals surface area contributed by atoms with Crippen LogP contribution >= 0.6 is 0 Å². The quantitative estimate of drug-likeness (QED) is 0.793. The summed E-state index contributed by atoms with van der Waals surface area (Å²) in [6.45, 7) is 3.21. The van der Waals surface area contributed by atoms with Crippen LogP contribution in [0.25, 0.3) is 0 Å². The van der Waals surface area contributed by atoms with Crippen molar-refractivity contribution in [3.63, 3.8) is 0 Å². The molecule has 15 heavy (non-hydrogen) atoms. The van der Waals surface area contributed by atoms with Gasteiger partial charge in [-0.15, -0.1) is 0 Å². The molecule has 1 aromatic rings. The van der Waals surface area contributed by atoms with E-state index in [9.17, 15) is 5.11 Å². The molecule has 0 saturated heterocycles. The van der Waals surface area contributed by atoms with Crippen LogP contribution in [0.2, 0.25) is 0 Å². The predicted octanol–water partition coefficient (Wildman–Crippen LogP) is 1.22. The Morgan fingerprint density at radius 3 is 2.73 bits per heavy atom. The van der Waals surface area contributed by atoms with Crippen LogP contribution in [0.1, 0.15) is 18.6 Å². The van der Waals surface area contributed by atoms with Gasteiger partial charge in [0.05, 0.1) is 12.7 Å². The number of aromatic nitrogens is 1. The largest absolute Gasteiger partial charge is 0.389 e. The zero-order chi connectivity index (χ0) is 11.3. The highest BCUT2D eigenvalue weighted by atomic mass is 16.5. The lowest BCUT2D eigenvalue weighted by Gasteiger charge is -2.17. The van der Waals surface area contributed by atoms with Crippen molar-refractivity contribution in [2.45, 2.75) is 13.0 Å². The van der Waals surface area contributed by atoms with Crippen LogP contribution in [0.4, 0.5) is 5.82 Å². The highest BCUT2D eigenvalue weighted by Gasteiger charge is 2.04. The van der Waals surface area contributed by atoms with Crippen molar-refractivity contribution in [1.29, 1.82) is 0 Å². The van der Waals surface area contributed by atoms with E-state index in [4.69, 9.17) is 4.74 Å². The van der Waals surface area contributed by atoms with Crippen molar-refractivity contribution < 1.29 is 9.84 Å². The molecule has 1 rings (SSSR count). The lowest BCUT2D eigenvalue weighted by Crippen LogP contribution is -2.22. The summed E-state index contributed by atoms with van der Waals surface area (Å²) in [5, 5.41) is 9.32. The van der Waals surface area contributed by atoms with Gasteiger partial charge < -0.3 is 14.7 Å². The Kier molecular flexibility index (Phi) is 4.52. The molecule has 0 aliphatic rings. The van der Waals surface area contributed by atoms with E-state index in [0.717, 1.165) is 17.9 Å². The average Bonchev–Trinajstić information content (AvgIpc) is 2.26. The molecule has 0 amide bonds. The normalized spacial score (nSPS) is 12.5. The van der Waals surface area contributed by atoms with Gasteiger partial charge in [0.25, 0.3) is 0 Å². The van der Waals surface area contributed by atoms with Crippen molar-refractivity contribution in [1.82, 2.24) is 4.98 Å². The number of nitrogens with zero attached hydrogens (tertiary/aromatic N) is 2. The third-order valence-electron chi connectivity index (χ3n) is 2.28. The first-order valence-corrected chi connectivity index (χ1v) is 4.99. The Morgan fingerprint density at radius 2 is 2.27 bits per heavy atom. The molecule has 0 aliphatic carbocycles. The molecule has 0 aromatic carbocycles. The number of aliphatic hydroxyl groups excluding tert-OH is 1. The Hall–Kier alpha value is -1.13. The summed E-state index contributed by atoms with van der Waals surface area (Å²) in [6, 6.07) is 3.79. The zero-order valence-electron chi connectivity index (χ0n) is 9.47. The van der Waals surface area contributed by atoms with Crippen LogP contribution in [0, 0.1) is 0 Å².